The van der Waals surface area contributed by atoms with Crippen molar-refractivity contribution in [2.24, 2.45) is 10.9 Å². The summed E-state index contributed by atoms with van der Waals surface area (Å²) >= 11 is 0. The molecule has 1 unspecified atom stereocenters. The number of amides is 2. The molecule has 2 aliphatic rings. The van der Waals surface area contributed by atoms with Gasteiger partial charge in [-0.1, -0.05) is 12.1 Å². The number of anilines is 2. The van der Waals surface area contributed by atoms with Crippen molar-refractivity contribution in [3.05, 3.63) is 53.1 Å². The zero-order valence-electron chi connectivity index (χ0n) is 18.6. The van der Waals surface area contributed by atoms with Crippen molar-refractivity contribution in [1.82, 2.24) is 0 Å². The molecule has 4 rings (SSSR count). The lowest BCUT2D eigenvalue weighted by Gasteiger charge is -2.25. The maximum Gasteiger partial charge on any atom is 0.340 e. The summed E-state index contributed by atoms with van der Waals surface area (Å²) in [6.45, 7) is 5.79. The highest BCUT2D eigenvalue weighted by molar-refractivity contribution is 6.17. The molecule has 1 fully saturated rings. The number of carbonyl (C=O) groups is 3. The van der Waals surface area contributed by atoms with Gasteiger partial charge >= 0.3 is 5.97 Å². The number of fused-ring (bicyclic) bond motifs is 2. The number of nitrogens with zero attached hydrogens (tertiary/aromatic N) is 2. The molecule has 2 aromatic rings. The van der Waals surface area contributed by atoms with Gasteiger partial charge in [0.2, 0.25) is 11.8 Å². The molecule has 32 heavy (non-hydrogen) atoms. The first-order chi connectivity index (χ1) is 15.4. The minimum atomic E-state index is -0.505. The lowest BCUT2D eigenvalue weighted by Crippen LogP contribution is -2.42. The van der Waals surface area contributed by atoms with Crippen LogP contribution in [0.15, 0.2) is 41.4 Å². The normalized spacial score (nSPS) is 17.2. The first kappa shape index (κ1) is 21.7. The van der Waals surface area contributed by atoms with Crippen LogP contribution in [0.5, 0.6) is 0 Å². The number of aryl methyl sites for hydroxylation is 2. The number of esters is 1. The summed E-state index contributed by atoms with van der Waals surface area (Å²) in [5.41, 5.74) is 5.02. The molecule has 0 radical (unpaired) electrons. The number of hydrogen-bond donors (Lipinski definition) is 1. The van der Waals surface area contributed by atoms with Gasteiger partial charge in [-0.15, -0.1) is 0 Å². The minimum absolute atomic E-state index is 0.0999. The van der Waals surface area contributed by atoms with Gasteiger partial charge in [0.1, 0.15) is 6.54 Å². The summed E-state index contributed by atoms with van der Waals surface area (Å²) in [5.74, 6) is -1.28. The van der Waals surface area contributed by atoms with E-state index in [-0.39, 0.29) is 36.4 Å². The molecule has 2 amide bonds. The Kier molecular flexibility index (Phi) is 6.08. The van der Waals surface area contributed by atoms with Crippen molar-refractivity contribution in [1.29, 1.82) is 0 Å². The van der Waals surface area contributed by atoms with E-state index in [9.17, 15) is 14.4 Å². The van der Waals surface area contributed by atoms with Crippen LogP contribution < -0.4 is 10.2 Å². The number of hydrogen-bond acceptors (Lipinski definition) is 5. The average Bonchev–Trinajstić information content (AvgIpc) is 3.19. The Labute approximate surface area is 187 Å². The molecule has 1 heterocycles. The van der Waals surface area contributed by atoms with Crippen LogP contribution in [0, 0.1) is 19.8 Å². The van der Waals surface area contributed by atoms with Crippen molar-refractivity contribution in [3.63, 3.8) is 0 Å². The van der Waals surface area contributed by atoms with Crippen molar-refractivity contribution in [2.45, 2.75) is 40.0 Å². The number of rotatable bonds is 5. The maximum atomic E-state index is 13.4. The summed E-state index contributed by atoms with van der Waals surface area (Å²) in [7, 11) is 0. The van der Waals surface area contributed by atoms with Crippen molar-refractivity contribution in [3.8, 4) is 0 Å². The van der Waals surface area contributed by atoms with E-state index in [4.69, 9.17) is 9.73 Å². The first-order valence-electron chi connectivity index (χ1n) is 10.9. The van der Waals surface area contributed by atoms with Crippen molar-refractivity contribution in [2.75, 3.05) is 23.4 Å². The third-order valence-corrected chi connectivity index (χ3v) is 6.04. The summed E-state index contributed by atoms with van der Waals surface area (Å²) in [5, 5.41) is 2.78. The van der Waals surface area contributed by atoms with Gasteiger partial charge in [-0.05, 0) is 75.4 Å². The van der Waals surface area contributed by atoms with E-state index in [1.807, 2.05) is 26.0 Å². The Hall–Kier alpha value is -3.48. The Morgan fingerprint density at radius 3 is 2.72 bits per heavy atom. The van der Waals surface area contributed by atoms with Crippen molar-refractivity contribution < 1.29 is 19.1 Å². The summed E-state index contributed by atoms with van der Waals surface area (Å²) in [4.78, 5) is 45.0. The zero-order valence-corrected chi connectivity index (χ0v) is 18.6. The smallest absolute Gasteiger partial charge is 0.340 e. The molecule has 166 valence electrons. The monoisotopic (exact) mass is 433 g/mol. The van der Waals surface area contributed by atoms with Gasteiger partial charge in [-0.25, -0.2) is 4.79 Å². The van der Waals surface area contributed by atoms with Crippen molar-refractivity contribution >= 4 is 40.6 Å². The summed E-state index contributed by atoms with van der Waals surface area (Å²) < 4.78 is 5.08. The predicted octanol–water partition coefficient (Wildman–Crippen LogP) is 4.34. The molecule has 0 saturated heterocycles. The number of para-hydroxylation sites is 1. The van der Waals surface area contributed by atoms with Gasteiger partial charge in [0.15, 0.2) is 0 Å². The Bertz CT molecular complexity index is 1120. The predicted molar refractivity (Wildman–Crippen MR) is 124 cm³/mol. The molecular formula is C25H27N3O4. The van der Waals surface area contributed by atoms with Crippen LogP contribution in [0.2, 0.25) is 0 Å². The van der Waals surface area contributed by atoms with E-state index in [1.54, 1.807) is 31.2 Å². The number of ether oxygens (including phenoxy) is 1. The van der Waals surface area contributed by atoms with E-state index in [0.717, 1.165) is 41.8 Å². The molecule has 7 heteroatoms. The van der Waals surface area contributed by atoms with Crippen LogP contribution in [0.3, 0.4) is 0 Å². The maximum absolute atomic E-state index is 13.4. The van der Waals surface area contributed by atoms with Gasteiger partial charge in [0.05, 0.1) is 35.2 Å². The Morgan fingerprint density at radius 1 is 1.19 bits per heavy atom. The number of aliphatic imine (C=N–C) groups is 1. The minimum Gasteiger partial charge on any atom is -0.462 e. The average molecular weight is 434 g/mol. The number of nitrogens with one attached hydrogen (secondary N) is 1. The van der Waals surface area contributed by atoms with Crippen LogP contribution in [-0.2, 0) is 14.3 Å². The fraction of sp³-hybridized carbons (Fsp3) is 0.360. The highest BCUT2D eigenvalue weighted by Crippen LogP contribution is 2.39. The Balaban J connectivity index is 1.63. The molecule has 2 aromatic carbocycles. The van der Waals surface area contributed by atoms with E-state index >= 15 is 0 Å². The quantitative estimate of drug-likeness (QED) is 0.711. The molecule has 1 N–H and O–H groups in total. The van der Waals surface area contributed by atoms with Gasteiger partial charge in [-0.3, -0.25) is 14.6 Å². The topological polar surface area (TPSA) is 88.1 Å². The largest absolute Gasteiger partial charge is 0.462 e. The van der Waals surface area contributed by atoms with E-state index < -0.39 is 5.97 Å². The van der Waals surface area contributed by atoms with Gasteiger partial charge in [0, 0.05) is 5.71 Å². The third kappa shape index (κ3) is 4.15. The molecular weight excluding hydrogens is 406 g/mol. The van der Waals surface area contributed by atoms with E-state index in [0.29, 0.717) is 11.4 Å². The second-order valence-corrected chi connectivity index (χ2v) is 8.21. The third-order valence-electron chi connectivity index (χ3n) is 6.04. The van der Waals surface area contributed by atoms with Gasteiger partial charge < -0.3 is 15.0 Å². The Morgan fingerprint density at radius 2 is 1.94 bits per heavy atom. The lowest BCUT2D eigenvalue weighted by atomic mass is 10.0. The molecule has 7 nitrogen and oxygen atoms in total. The number of benzene rings is 2. The molecule has 1 aliphatic heterocycles. The molecule has 1 saturated carbocycles. The van der Waals surface area contributed by atoms with Crippen LogP contribution >= 0.6 is 0 Å². The highest BCUT2D eigenvalue weighted by Gasteiger charge is 2.37. The van der Waals surface area contributed by atoms with Gasteiger partial charge in [-0.2, -0.15) is 0 Å². The lowest BCUT2D eigenvalue weighted by molar-refractivity contribution is -0.123. The molecule has 0 aromatic heterocycles. The highest BCUT2D eigenvalue weighted by atomic mass is 16.5. The van der Waals surface area contributed by atoms with E-state index in [1.165, 1.54) is 4.90 Å². The standard InChI is InChI=1S/C25H27N3O4/c1-4-32-25(31)18-8-5-6-10-20(18)27-23(29)14-28-22-13-16(3)15(2)12-21(22)26-19-11-7-9-17(19)24(28)30/h5-6,8,10,12-13,17H,4,7,9,11,14H2,1-3H3,(H,27,29). The second-order valence-electron chi connectivity index (χ2n) is 8.21. The fourth-order valence-corrected chi connectivity index (χ4v) is 4.26. The first-order valence-corrected chi connectivity index (χ1v) is 10.9. The fourth-order valence-electron chi connectivity index (χ4n) is 4.26. The van der Waals surface area contributed by atoms with Crippen LogP contribution in [0.25, 0.3) is 0 Å². The number of carbonyl (C=O) groups excluding carboxylic acids is 3. The van der Waals surface area contributed by atoms with Gasteiger partial charge in [0.25, 0.3) is 0 Å². The van der Waals surface area contributed by atoms with Crippen LogP contribution in [-0.4, -0.2) is 36.6 Å². The van der Waals surface area contributed by atoms with E-state index in [2.05, 4.69) is 5.32 Å². The SMILES string of the molecule is CCOC(=O)c1ccccc1NC(=O)CN1C(=O)C2CCCC2=Nc2cc(C)c(C)cc21. The summed E-state index contributed by atoms with van der Waals surface area (Å²) in [6.07, 6.45) is 2.46. The molecule has 1 aliphatic carbocycles. The molecule has 0 spiro atoms. The summed E-state index contributed by atoms with van der Waals surface area (Å²) in [6, 6.07) is 10.6. The molecule has 1 atom stereocenters. The molecule has 0 bridgehead atoms. The van der Waals surface area contributed by atoms with Crippen LogP contribution in [0.1, 0.15) is 47.7 Å². The second kappa shape index (κ2) is 8.94. The van der Waals surface area contributed by atoms with Crippen LogP contribution in [0.4, 0.5) is 17.1 Å². The zero-order chi connectivity index (χ0) is 22.8.